The zero-order valence-corrected chi connectivity index (χ0v) is 20.1. The van der Waals surface area contributed by atoms with Crippen LogP contribution in [0.1, 0.15) is 41.0 Å². The normalized spacial score (nSPS) is 20.3. The van der Waals surface area contributed by atoms with Crippen molar-refractivity contribution in [2.45, 2.75) is 49.5 Å². The number of halogens is 1. The van der Waals surface area contributed by atoms with E-state index in [1.165, 1.54) is 54.7 Å². The van der Waals surface area contributed by atoms with Crippen molar-refractivity contribution in [1.82, 2.24) is 14.7 Å². The Balaban J connectivity index is 1.29. The maximum absolute atomic E-state index is 13.9. The van der Waals surface area contributed by atoms with Gasteiger partial charge >= 0.3 is 0 Å². The van der Waals surface area contributed by atoms with Gasteiger partial charge in [-0.1, -0.05) is 30.3 Å². The quantitative estimate of drug-likeness (QED) is 0.506. The first kappa shape index (κ1) is 23.2. The fraction of sp³-hybridized carbons (Fsp3) is 0.423. The summed E-state index contributed by atoms with van der Waals surface area (Å²) in [5.74, 6) is 0.767. The predicted octanol–water partition coefficient (Wildman–Crippen LogP) is 3.51. The molecule has 5 rings (SSSR count). The molecule has 6 nitrogen and oxygen atoms in total. The molecule has 0 radical (unpaired) electrons. The zero-order valence-electron chi connectivity index (χ0n) is 19.2. The Labute approximate surface area is 200 Å². The lowest BCUT2D eigenvalue weighted by Crippen LogP contribution is -2.41. The molecule has 3 aromatic rings. The largest absolute Gasteiger partial charge is 0.303 e. The maximum Gasteiger partial charge on any atom is 0.241 e. The third kappa shape index (κ3) is 5.24. The van der Waals surface area contributed by atoms with Gasteiger partial charge in [-0.2, -0.15) is 5.10 Å². The molecule has 0 amide bonds. The third-order valence-electron chi connectivity index (χ3n) is 7.24. The molecular weight excluding hydrogens is 451 g/mol. The average molecular weight is 483 g/mol. The van der Waals surface area contributed by atoms with Crippen LogP contribution in [0.2, 0.25) is 0 Å². The Bertz CT molecular complexity index is 1270. The summed E-state index contributed by atoms with van der Waals surface area (Å²) >= 11 is 0. The number of benzene rings is 2. The van der Waals surface area contributed by atoms with Crippen LogP contribution >= 0.6 is 0 Å². The number of nitrogens with zero attached hydrogens (tertiary/aromatic N) is 3. The summed E-state index contributed by atoms with van der Waals surface area (Å²) in [5.41, 5.74) is 5.15. The molecule has 0 saturated carbocycles. The van der Waals surface area contributed by atoms with Crippen LogP contribution in [0.25, 0.3) is 0 Å². The van der Waals surface area contributed by atoms with E-state index in [0.29, 0.717) is 18.4 Å². The van der Waals surface area contributed by atoms with Gasteiger partial charge in [0.1, 0.15) is 10.7 Å². The van der Waals surface area contributed by atoms with Crippen molar-refractivity contribution in [2.24, 2.45) is 11.1 Å². The molecule has 1 aromatic heterocycles. The van der Waals surface area contributed by atoms with Crippen LogP contribution in [-0.2, 0) is 35.8 Å². The zero-order chi connectivity index (χ0) is 23.7. The molecule has 1 aliphatic carbocycles. The molecule has 0 spiro atoms. The summed E-state index contributed by atoms with van der Waals surface area (Å²) in [4.78, 5) is 2.58. The van der Waals surface area contributed by atoms with E-state index in [2.05, 4.69) is 28.2 Å². The molecule has 2 aromatic carbocycles. The number of likely N-dealkylation sites (tertiary alicyclic amines) is 1. The van der Waals surface area contributed by atoms with Crippen LogP contribution in [0.4, 0.5) is 4.39 Å². The Morgan fingerprint density at radius 3 is 2.68 bits per heavy atom. The topological polar surface area (TPSA) is 81.2 Å². The lowest BCUT2D eigenvalue weighted by Gasteiger charge is -2.35. The second-order valence-electron chi connectivity index (χ2n) is 9.68. The molecule has 2 aliphatic rings. The van der Waals surface area contributed by atoms with Crippen LogP contribution in [0.3, 0.4) is 0 Å². The van der Waals surface area contributed by atoms with Gasteiger partial charge in [0.15, 0.2) is 0 Å². The Hall–Kier alpha value is -2.55. The van der Waals surface area contributed by atoms with Crippen LogP contribution in [0.5, 0.6) is 0 Å². The minimum absolute atomic E-state index is 0.0402. The van der Waals surface area contributed by atoms with E-state index >= 15 is 0 Å². The molecule has 180 valence electrons. The molecule has 34 heavy (non-hydrogen) atoms. The monoisotopic (exact) mass is 482 g/mol. The van der Waals surface area contributed by atoms with E-state index in [-0.39, 0.29) is 10.7 Å². The van der Waals surface area contributed by atoms with E-state index in [4.69, 9.17) is 5.14 Å². The van der Waals surface area contributed by atoms with Crippen LogP contribution in [0.15, 0.2) is 59.8 Å². The number of sulfonamides is 1. The molecule has 2 heterocycles. The molecule has 2 unspecified atom stereocenters. The summed E-state index contributed by atoms with van der Waals surface area (Å²) in [6.45, 7) is 4.10. The van der Waals surface area contributed by atoms with Crippen molar-refractivity contribution < 1.29 is 12.8 Å². The van der Waals surface area contributed by atoms with E-state index in [0.717, 1.165) is 37.8 Å². The number of aryl methyl sites for hydroxylation is 2. The lowest BCUT2D eigenvalue weighted by molar-refractivity contribution is 0.145. The molecule has 0 bridgehead atoms. The lowest BCUT2D eigenvalue weighted by atomic mass is 9.85. The predicted molar refractivity (Wildman–Crippen MR) is 129 cm³/mol. The van der Waals surface area contributed by atoms with Gasteiger partial charge in [-0.05, 0) is 91.4 Å². The number of hydrogen-bond donors (Lipinski definition) is 1. The number of rotatable bonds is 9. The number of nitrogens with two attached hydrogens (primary N) is 1. The van der Waals surface area contributed by atoms with Gasteiger partial charge in [0.05, 0.1) is 6.20 Å². The van der Waals surface area contributed by atoms with Gasteiger partial charge in [0, 0.05) is 19.3 Å². The van der Waals surface area contributed by atoms with Gasteiger partial charge in [-0.15, -0.1) is 0 Å². The molecule has 8 heteroatoms. The average Bonchev–Trinajstić information content (AvgIpc) is 3.36. The van der Waals surface area contributed by atoms with Crippen molar-refractivity contribution in [3.63, 3.8) is 0 Å². The van der Waals surface area contributed by atoms with E-state index < -0.39 is 10.0 Å². The third-order valence-corrected chi connectivity index (χ3v) is 8.11. The number of aromatic nitrogens is 2. The van der Waals surface area contributed by atoms with Crippen molar-refractivity contribution in [2.75, 3.05) is 19.6 Å². The van der Waals surface area contributed by atoms with Crippen LogP contribution in [0, 0.1) is 11.7 Å². The first-order valence-corrected chi connectivity index (χ1v) is 13.5. The number of fused-ring (bicyclic) bond motifs is 1. The number of hydrogen-bond acceptors (Lipinski definition) is 4. The van der Waals surface area contributed by atoms with Crippen LogP contribution in [-0.4, -0.2) is 42.7 Å². The molecule has 2 atom stereocenters. The second-order valence-corrected chi connectivity index (χ2v) is 11.2. The summed E-state index contributed by atoms with van der Waals surface area (Å²) < 4.78 is 38.4. The van der Waals surface area contributed by atoms with Crippen LogP contribution < -0.4 is 5.14 Å². The summed E-state index contributed by atoms with van der Waals surface area (Å²) in [6, 6.07) is 13.8. The first-order chi connectivity index (χ1) is 16.3. The van der Waals surface area contributed by atoms with Gasteiger partial charge in [0.25, 0.3) is 0 Å². The van der Waals surface area contributed by atoms with E-state index in [1.807, 2.05) is 6.07 Å². The Morgan fingerprint density at radius 1 is 1.12 bits per heavy atom. The number of primary sulfonamides is 1. The Kier molecular flexibility index (Phi) is 6.55. The first-order valence-electron chi connectivity index (χ1n) is 12.0. The maximum atomic E-state index is 13.9. The Morgan fingerprint density at radius 2 is 1.97 bits per heavy atom. The highest BCUT2D eigenvalue weighted by molar-refractivity contribution is 7.89. The fourth-order valence-electron chi connectivity index (χ4n) is 5.35. The minimum atomic E-state index is -3.72. The smallest absolute Gasteiger partial charge is 0.241 e. The molecule has 1 saturated heterocycles. The van der Waals surface area contributed by atoms with Gasteiger partial charge in [-0.25, -0.2) is 17.9 Å². The van der Waals surface area contributed by atoms with Crippen molar-refractivity contribution in [3.8, 4) is 0 Å². The molecule has 1 fully saturated rings. The highest BCUT2D eigenvalue weighted by Crippen LogP contribution is 2.41. The fourth-order valence-corrected chi connectivity index (χ4v) is 5.81. The molecule has 1 aliphatic heterocycles. The minimum Gasteiger partial charge on any atom is -0.303 e. The second kappa shape index (κ2) is 9.60. The SMILES string of the molecule is NS(=O)(=O)c1cnn(CCCc2ccc3c(c2)C(Cc2cccc(F)c2)C(CN2CCC2)C3)c1. The van der Waals surface area contributed by atoms with Crippen molar-refractivity contribution in [3.05, 3.63) is 82.9 Å². The van der Waals surface area contributed by atoms with Gasteiger partial charge < -0.3 is 4.90 Å². The van der Waals surface area contributed by atoms with Crippen molar-refractivity contribution >= 4 is 10.0 Å². The highest BCUT2D eigenvalue weighted by Gasteiger charge is 2.34. The summed E-state index contributed by atoms with van der Waals surface area (Å²) in [6.07, 6.45) is 7.71. The van der Waals surface area contributed by atoms with Crippen molar-refractivity contribution in [1.29, 1.82) is 0 Å². The van der Waals surface area contributed by atoms with Gasteiger partial charge in [-0.3, -0.25) is 4.68 Å². The molecule has 2 N–H and O–H groups in total. The van der Waals surface area contributed by atoms with E-state index in [1.54, 1.807) is 16.8 Å². The summed E-state index contributed by atoms with van der Waals surface area (Å²) in [7, 11) is -3.72. The van der Waals surface area contributed by atoms with Gasteiger partial charge in [0.2, 0.25) is 10.0 Å². The highest BCUT2D eigenvalue weighted by atomic mass is 32.2. The van der Waals surface area contributed by atoms with E-state index in [9.17, 15) is 12.8 Å². The standard InChI is InChI=1S/C26H31FN4O2S/c27-23-6-1-4-20(12-23)14-26-22(17-30-9-3-10-30)15-21-8-7-19(13-25(21)26)5-2-11-31-18-24(16-29-31)34(28,32)33/h1,4,6-8,12-13,16,18,22,26H,2-3,5,9-11,14-15,17H2,(H2,28,32,33). The summed E-state index contributed by atoms with van der Waals surface area (Å²) in [5, 5.41) is 9.28. The molecular formula is C26H31FN4O2S.